The Morgan fingerprint density at radius 2 is 1.73 bits per heavy atom. The third-order valence-corrected chi connectivity index (χ3v) is 4.45. The van der Waals surface area contributed by atoms with Crippen LogP contribution in [0.15, 0.2) is 66.9 Å². The monoisotopic (exact) mass is 365 g/mol. The first-order valence-corrected chi connectivity index (χ1v) is 8.87. The van der Waals surface area contributed by atoms with Crippen molar-refractivity contribution in [3.63, 3.8) is 0 Å². The lowest BCUT2D eigenvalue weighted by Crippen LogP contribution is -2.15. The molecule has 0 unspecified atom stereocenters. The summed E-state index contributed by atoms with van der Waals surface area (Å²) in [5, 5.41) is 6.90. The van der Waals surface area contributed by atoms with Gasteiger partial charge in [-0.15, -0.1) is 0 Å². The molecule has 1 aromatic heterocycles. The fraction of sp³-hybridized carbons (Fsp3) is 0.143. The van der Waals surface area contributed by atoms with E-state index in [9.17, 15) is 4.79 Å². The first-order valence-electron chi connectivity index (χ1n) is 8.50. The van der Waals surface area contributed by atoms with Gasteiger partial charge in [0.2, 0.25) is 0 Å². The van der Waals surface area contributed by atoms with E-state index in [1.165, 1.54) is 0 Å². The number of aromatic nitrogens is 1. The van der Waals surface area contributed by atoms with Crippen LogP contribution in [0.5, 0.6) is 0 Å². The zero-order chi connectivity index (χ0) is 18.4. The van der Waals surface area contributed by atoms with Crippen LogP contribution >= 0.6 is 11.6 Å². The summed E-state index contributed by atoms with van der Waals surface area (Å²) in [5.41, 5.74) is 4.13. The minimum absolute atomic E-state index is 0.219. The van der Waals surface area contributed by atoms with Crippen molar-refractivity contribution in [2.75, 3.05) is 10.6 Å². The van der Waals surface area contributed by atoms with Crippen LogP contribution in [0.3, 0.4) is 0 Å². The summed E-state index contributed by atoms with van der Waals surface area (Å²) in [6, 6.07) is 19.0. The number of carbonyl (C=O) groups excluding carboxylic acids is 1. The number of rotatable bonds is 6. The lowest BCUT2D eigenvalue weighted by atomic mass is 10.1. The number of halogens is 1. The zero-order valence-corrected chi connectivity index (χ0v) is 15.3. The number of hydrogen-bond acceptors (Lipinski definition) is 3. The van der Waals surface area contributed by atoms with Crippen LogP contribution in [0.25, 0.3) is 0 Å². The predicted molar refractivity (Wildman–Crippen MR) is 107 cm³/mol. The normalized spacial score (nSPS) is 10.4. The van der Waals surface area contributed by atoms with E-state index in [2.05, 4.69) is 22.5 Å². The highest BCUT2D eigenvalue weighted by Crippen LogP contribution is 2.18. The van der Waals surface area contributed by atoms with Crippen molar-refractivity contribution >= 4 is 28.9 Å². The first kappa shape index (κ1) is 18.0. The molecule has 2 N–H and O–H groups in total. The Kier molecular flexibility index (Phi) is 5.87. The second-order valence-corrected chi connectivity index (χ2v) is 6.25. The molecule has 26 heavy (non-hydrogen) atoms. The molecule has 0 radical (unpaired) electrons. The van der Waals surface area contributed by atoms with Gasteiger partial charge in [-0.25, -0.2) is 4.98 Å². The molecule has 0 saturated carbocycles. The van der Waals surface area contributed by atoms with E-state index in [0.29, 0.717) is 12.2 Å². The number of nitrogens with one attached hydrogen (secondary N) is 2. The van der Waals surface area contributed by atoms with E-state index in [-0.39, 0.29) is 5.91 Å². The maximum Gasteiger partial charge on any atom is 0.274 e. The molecule has 2 aromatic carbocycles. The van der Waals surface area contributed by atoms with Crippen molar-refractivity contribution in [2.45, 2.75) is 19.9 Å². The highest BCUT2D eigenvalue weighted by Gasteiger charge is 2.09. The number of amides is 1. The van der Waals surface area contributed by atoms with Gasteiger partial charge in [0.05, 0.1) is 11.9 Å². The van der Waals surface area contributed by atoms with Crippen molar-refractivity contribution in [3.05, 3.63) is 88.7 Å². The molecule has 1 heterocycles. The van der Waals surface area contributed by atoms with Gasteiger partial charge in [-0.3, -0.25) is 4.79 Å². The minimum atomic E-state index is -0.219. The van der Waals surface area contributed by atoms with Gasteiger partial charge in [0.25, 0.3) is 5.91 Å². The second-order valence-electron chi connectivity index (χ2n) is 5.84. The predicted octanol–water partition coefficient (Wildman–Crippen LogP) is 5.16. The Morgan fingerprint density at radius 3 is 2.42 bits per heavy atom. The van der Waals surface area contributed by atoms with E-state index >= 15 is 0 Å². The van der Waals surface area contributed by atoms with Crippen molar-refractivity contribution in [1.82, 2.24) is 4.98 Å². The molecular weight excluding hydrogens is 346 g/mol. The quantitative estimate of drug-likeness (QED) is 0.634. The SMILES string of the molecule is CCc1ccccc1NC(=O)c1ccc(NCc2ccccc2Cl)cn1. The first-order chi connectivity index (χ1) is 12.7. The van der Waals surface area contributed by atoms with E-state index in [1.54, 1.807) is 12.3 Å². The number of benzene rings is 2. The number of pyridine rings is 1. The van der Waals surface area contributed by atoms with Gasteiger partial charge in [0.1, 0.15) is 5.69 Å². The minimum Gasteiger partial charge on any atom is -0.380 e. The summed E-state index contributed by atoms with van der Waals surface area (Å²) in [6.45, 7) is 2.65. The van der Waals surface area contributed by atoms with Crippen LogP contribution in [0.2, 0.25) is 5.02 Å². The second kappa shape index (κ2) is 8.50. The van der Waals surface area contributed by atoms with Crippen molar-refractivity contribution in [1.29, 1.82) is 0 Å². The van der Waals surface area contributed by atoms with Gasteiger partial charge < -0.3 is 10.6 Å². The molecule has 0 bridgehead atoms. The van der Waals surface area contributed by atoms with Gasteiger partial charge in [-0.05, 0) is 41.8 Å². The molecule has 132 valence electrons. The van der Waals surface area contributed by atoms with Crippen molar-refractivity contribution in [2.24, 2.45) is 0 Å². The molecular formula is C21H20ClN3O. The van der Waals surface area contributed by atoms with Gasteiger partial charge in [-0.2, -0.15) is 0 Å². The topological polar surface area (TPSA) is 54.0 Å². The van der Waals surface area contributed by atoms with Crippen LogP contribution in [0, 0.1) is 0 Å². The molecule has 3 rings (SSSR count). The van der Waals surface area contributed by atoms with Crippen LogP contribution in [0.4, 0.5) is 11.4 Å². The van der Waals surface area contributed by atoms with Crippen LogP contribution in [0.1, 0.15) is 28.5 Å². The molecule has 5 heteroatoms. The number of carbonyl (C=O) groups is 1. The number of nitrogens with zero attached hydrogens (tertiary/aromatic N) is 1. The smallest absolute Gasteiger partial charge is 0.274 e. The van der Waals surface area contributed by atoms with Crippen LogP contribution in [-0.2, 0) is 13.0 Å². The number of anilines is 2. The maximum absolute atomic E-state index is 12.4. The standard InChI is InChI=1S/C21H20ClN3O/c1-2-15-7-4-6-10-19(15)25-21(26)20-12-11-17(14-24-20)23-13-16-8-3-5-9-18(16)22/h3-12,14,23H,2,13H2,1H3,(H,25,26). The number of para-hydroxylation sites is 1. The van der Waals surface area contributed by atoms with Gasteiger partial charge in [0, 0.05) is 17.3 Å². The molecule has 0 aliphatic carbocycles. The fourth-order valence-corrected chi connectivity index (χ4v) is 2.81. The average molecular weight is 366 g/mol. The summed E-state index contributed by atoms with van der Waals surface area (Å²) in [4.78, 5) is 16.7. The highest BCUT2D eigenvalue weighted by molar-refractivity contribution is 6.31. The molecule has 0 saturated heterocycles. The molecule has 1 amide bonds. The Hall–Kier alpha value is -2.85. The molecule has 0 aliphatic heterocycles. The summed E-state index contributed by atoms with van der Waals surface area (Å²) in [7, 11) is 0. The number of hydrogen-bond donors (Lipinski definition) is 2. The van der Waals surface area contributed by atoms with Crippen LogP contribution < -0.4 is 10.6 Å². The summed E-state index contributed by atoms with van der Waals surface area (Å²) >= 11 is 6.15. The van der Waals surface area contributed by atoms with E-state index in [1.807, 2.05) is 54.6 Å². The van der Waals surface area contributed by atoms with E-state index < -0.39 is 0 Å². The number of aryl methyl sites for hydroxylation is 1. The molecule has 4 nitrogen and oxygen atoms in total. The Morgan fingerprint density at radius 1 is 1.00 bits per heavy atom. The summed E-state index contributed by atoms with van der Waals surface area (Å²) in [5.74, 6) is -0.219. The summed E-state index contributed by atoms with van der Waals surface area (Å²) in [6.07, 6.45) is 2.51. The Balaban J connectivity index is 1.63. The Bertz CT molecular complexity index is 894. The lowest BCUT2D eigenvalue weighted by molar-refractivity contribution is 0.102. The third kappa shape index (κ3) is 4.41. The van der Waals surface area contributed by atoms with Crippen molar-refractivity contribution in [3.8, 4) is 0 Å². The van der Waals surface area contributed by atoms with Crippen molar-refractivity contribution < 1.29 is 4.79 Å². The third-order valence-electron chi connectivity index (χ3n) is 4.08. The maximum atomic E-state index is 12.4. The molecule has 0 spiro atoms. The zero-order valence-electron chi connectivity index (χ0n) is 14.5. The largest absolute Gasteiger partial charge is 0.380 e. The highest BCUT2D eigenvalue weighted by atomic mass is 35.5. The molecule has 3 aromatic rings. The van der Waals surface area contributed by atoms with E-state index in [4.69, 9.17) is 11.6 Å². The lowest BCUT2D eigenvalue weighted by Gasteiger charge is -2.10. The molecule has 0 atom stereocenters. The molecule has 0 fully saturated rings. The van der Waals surface area contributed by atoms with Gasteiger partial charge in [-0.1, -0.05) is 54.9 Å². The summed E-state index contributed by atoms with van der Waals surface area (Å²) < 4.78 is 0. The van der Waals surface area contributed by atoms with Gasteiger partial charge in [0.15, 0.2) is 0 Å². The Labute approximate surface area is 158 Å². The average Bonchev–Trinajstić information content (AvgIpc) is 2.68. The fourth-order valence-electron chi connectivity index (χ4n) is 2.61. The van der Waals surface area contributed by atoms with Crippen LogP contribution in [-0.4, -0.2) is 10.9 Å². The molecule has 0 aliphatic rings. The van der Waals surface area contributed by atoms with Gasteiger partial charge >= 0.3 is 0 Å². The van der Waals surface area contributed by atoms with E-state index in [0.717, 1.165) is 33.9 Å².